The van der Waals surface area contributed by atoms with Crippen LogP contribution in [-0.4, -0.2) is 17.8 Å². The van der Waals surface area contributed by atoms with E-state index in [1.165, 1.54) is 19.3 Å². The van der Waals surface area contributed by atoms with E-state index in [1.807, 2.05) is 30.0 Å². The first-order chi connectivity index (χ1) is 10.0. The maximum Gasteiger partial charge on any atom is 0.0543 e. The summed E-state index contributed by atoms with van der Waals surface area (Å²) >= 11 is 14.4. The second kappa shape index (κ2) is 8.10. The predicted molar refractivity (Wildman–Crippen MR) is 95.8 cm³/mol. The van der Waals surface area contributed by atoms with Crippen LogP contribution in [0.1, 0.15) is 40.0 Å². The number of benzene rings is 1. The van der Waals surface area contributed by atoms with Gasteiger partial charge in [-0.05, 0) is 55.8 Å². The average Bonchev–Trinajstić information content (AvgIpc) is 2.44. The summed E-state index contributed by atoms with van der Waals surface area (Å²) in [5.74, 6) is 1.57. The minimum atomic E-state index is 0.571. The van der Waals surface area contributed by atoms with Crippen LogP contribution in [0.4, 0.5) is 0 Å². The molecular formula is C17H25Cl2NS. The summed E-state index contributed by atoms with van der Waals surface area (Å²) in [4.78, 5) is 1.11. The van der Waals surface area contributed by atoms with Gasteiger partial charge in [0.1, 0.15) is 0 Å². The Kier molecular flexibility index (Phi) is 6.74. The van der Waals surface area contributed by atoms with Gasteiger partial charge in [-0.3, -0.25) is 0 Å². The lowest BCUT2D eigenvalue weighted by atomic mass is 9.79. The molecule has 3 unspecified atom stereocenters. The van der Waals surface area contributed by atoms with Gasteiger partial charge < -0.3 is 5.32 Å². The van der Waals surface area contributed by atoms with Gasteiger partial charge in [0.05, 0.1) is 5.02 Å². The van der Waals surface area contributed by atoms with Crippen molar-refractivity contribution in [2.75, 3.05) is 6.54 Å². The Bertz CT molecular complexity index is 464. The number of rotatable bonds is 5. The maximum absolute atomic E-state index is 6.34. The fourth-order valence-electron chi connectivity index (χ4n) is 3.12. The summed E-state index contributed by atoms with van der Waals surface area (Å²) in [5, 5.41) is 5.80. The van der Waals surface area contributed by atoms with Crippen LogP contribution in [0.5, 0.6) is 0 Å². The highest BCUT2D eigenvalue weighted by Gasteiger charge is 2.32. The lowest BCUT2D eigenvalue weighted by molar-refractivity contribution is 0.247. The Morgan fingerprint density at radius 1 is 1.29 bits per heavy atom. The first kappa shape index (κ1) is 17.5. The quantitative estimate of drug-likeness (QED) is 0.713. The van der Waals surface area contributed by atoms with Gasteiger partial charge in [0.2, 0.25) is 0 Å². The molecule has 1 aliphatic carbocycles. The average molecular weight is 346 g/mol. The van der Waals surface area contributed by atoms with E-state index >= 15 is 0 Å². The minimum absolute atomic E-state index is 0.571. The first-order valence-corrected chi connectivity index (χ1v) is 9.50. The summed E-state index contributed by atoms with van der Waals surface area (Å²) in [6.07, 6.45) is 3.84. The second-order valence-corrected chi connectivity index (χ2v) is 8.34. The molecule has 4 heteroatoms. The highest BCUT2D eigenvalue weighted by atomic mass is 35.5. The van der Waals surface area contributed by atoms with Gasteiger partial charge in [-0.2, -0.15) is 0 Å². The molecule has 1 aliphatic rings. The van der Waals surface area contributed by atoms with Gasteiger partial charge in [0, 0.05) is 21.2 Å². The molecule has 3 atom stereocenters. The molecule has 1 fully saturated rings. The molecule has 0 saturated heterocycles. The topological polar surface area (TPSA) is 12.0 Å². The van der Waals surface area contributed by atoms with Crippen molar-refractivity contribution >= 4 is 35.0 Å². The number of halogens is 2. The predicted octanol–water partition coefficient (Wildman–Crippen LogP) is 5.89. The zero-order valence-corrected chi connectivity index (χ0v) is 15.4. The van der Waals surface area contributed by atoms with E-state index in [4.69, 9.17) is 23.2 Å². The van der Waals surface area contributed by atoms with Crippen molar-refractivity contribution in [2.45, 2.75) is 56.2 Å². The highest BCUT2D eigenvalue weighted by molar-refractivity contribution is 8.00. The molecule has 1 N–H and O–H groups in total. The van der Waals surface area contributed by atoms with Gasteiger partial charge in [0.15, 0.2) is 0 Å². The van der Waals surface area contributed by atoms with E-state index in [-0.39, 0.29) is 0 Å². The molecule has 0 radical (unpaired) electrons. The van der Waals surface area contributed by atoms with Crippen LogP contribution >= 0.6 is 35.0 Å². The molecule has 0 aromatic heterocycles. The lowest BCUT2D eigenvalue weighted by Crippen LogP contribution is -2.43. The van der Waals surface area contributed by atoms with Crippen LogP contribution in [0, 0.1) is 11.8 Å². The number of nitrogens with one attached hydrogen (secondary N) is 1. The van der Waals surface area contributed by atoms with Gasteiger partial charge in [-0.25, -0.2) is 0 Å². The Balaban J connectivity index is 2.13. The number of hydrogen-bond donors (Lipinski definition) is 1. The Hall–Kier alpha value is 0.110. The first-order valence-electron chi connectivity index (χ1n) is 7.86. The molecule has 1 nitrogen and oxygen atoms in total. The van der Waals surface area contributed by atoms with Crippen LogP contribution in [0.15, 0.2) is 23.1 Å². The van der Waals surface area contributed by atoms with Crippen molar-refractivity contribution < 1.29 is 0 Å². The van der Waals surface area contributed by atoms with Crippen molar-refractivity contribution in [3.8, 4) is 0 Å². The third-order valence-electron chi connectivity index (χ3n) is 4.41. The lowest BCUT2D eigenvalue weighted by Gasteiger charge is -2.38. The van der Waals surface area contributed by atoms with Gasteiger partial charge >= 0.3 is 0 Å². The molecule has 0 amide bonds. The molecule has 1 aromatic carbocycles. The fourth-order valence-corrected chi connectivity index (χ4v) is 5.05. The third-order valence-corrected chi connectivity index (χ3v) is 6.51. The normalized spacial score (nSPS) is 26.3. The Morgan fingerprint density at radius 3 is 2.71 bits per heavy atom. The summed E-state index contributed by atoms with van der Waals surface area (Å²) in [5.41, 5.74) is 0. The molecule has 0 aliphatic heterocycles. The van der Waals surface area contributed by atoms with E-state index in [0.717, 1.165) is 33.3 Å². The third kappa shape index (κ3) is 4.79. The molecule has 21 heavy (non-hydrogen) atoms. The Labute approximate surface area is 143 Å². The molecule has 1 aromatic rings. The van der Waals surface area contributed by atoms with Crippen molar-refractivity contribution in [3.63, 3.8) is 0 Å². The van der Waals surface area contributed by atoms with E-state index in [9.17, 15) is 0 Å². The highest BCUT2D eigenvalue weighted by Crippen LogP contribution is 2.41. The molecule has 0 heterocycles. The van der Waals surface area contributed by atoms with Gasteiger partial charge in [-0.15, -0.1) is 11.8 Å². The summed E-state index contributed by atoms with van der Waals surface area (Å²) in [6.45, 7) is 7.89. The fraction of sp³-hybridized carbons (Fsp3) is 0.647. The van der Waals surface area contributed by atoms with Crippen molar-refractivity contribution in [3.05, 3.63) is 28.2 Å². The summed E-state index contributed by atoms with van der Waals surface area (Å²) in [6, 6.07) is 6.33. The van der Waals surface area contributed by atoms with Crippen molar-refractivity contribution in [2.24, 2.45) is 11.8 Å². The van der Waals surface area contributed by atoms with E-state index in [2.05, 4.69) is 26.1 Å². The van der Waals surface area contributed by atoms with E-state index in [1.54, 1.807) is 0 Å². The summed E-state index contributed by atoms with van der Waals surface area (Å²) in [7, 11) is 0. The van der Waals surface area contributed by atoms with Crippen molar-refractivity contribution in [1.29, 1.82) is 0 Å². The van der Waals surface area contributed by atoms with Crippen LogP contribution in [-0.2, 0) is 0 Å². The molecule has 0 spiro atoms. The van der Waals surface area contributed by atoms with Crippen LogP contribution in [0.3, 0.4) is 0 Å². The maximum atomic E-state index is 6.34. The number of hydrogen-bond acceptors (Lipinski definition) is 2. The van der Waals surface area contributed by atoms with Crippen LogP contribution in [0.25, 0.3) is 0 Å². The zero-order chi connectivity index (χ0) is 15.4. The summed E-state index contributed by atoms with van der Waals surface area (Å²) < 4.78 is 0. The molecule has 118 valence electrons. The molecule has 2 rings (SSSR count). The van der Waals surface area contributed by atoms with Crippen LogP contribution < -0.4 is 5.32 Å². The van der Waals surface area contributed by atoms with Crippen molar-refractivity contribution in [1.82, 2.24) is 5.32 Å². The smallest absolute Gasteiger partial charge is 0.0543 e. The Morgan fingerprint density at radius 2 is 2.05 bits per heavy atom. The van der Waals surface area contributed by atoms with E-state index in [0.29, 0.717) is 11.3 Å². The van der Waals surface area contributed by atoms with Gasteiger partial charge in [0.25, 0.3) is 0 Å². The van der Waals surface area contributed by atoms with E-state index < -0.39 is 0 Å². The molecule has 1 saturated carbocycles. The molecular weight excluding hydrogens is 321 g/mol. The monoisotopic (exact) mass is 345 g/mol. The second-order valence-electron chi connectivity index (χ2n) is 6.21. The van der Waals surface area contributed by atoms with Crippen LogP contribution in [0.2, 0.25) is 10.0 Å². The molecule has 0 bridgehead atoms. The standard InChI is InChI=1S/C17H25Cl2NS/c1-4-20-15-8-5-12(11(2)3)9-17(15)21-16-10-13(18)6-7-14(16)19/h6-7,10-12,15,17,20H,4-5,8-9H2,1-3H3. The number of thioether (sulfide) groups is 1. The minimum Gasteiger partial charge on any atom is -0.313 e. The largest absolute Gasteiger partial charge is 0.313 e. The zero-order valence-electron chi connectivity index (χ0n) is 13.0. The van der Waals surface area contributed by atoms with Gasteiger partial charge in [-0.1, -0.05) is 44.0 Å². The SMILES string of the molecule is CCNC1CCC(C(C)C)CC1Sc1cc(Cl)ccc1Cl.